The highest BCUT2D eigenvalue weighted by atomic mass is 32.1. The molecule has 1 aliphatic heterocycles. The molecule has 2 aliphatic rings. The summed E-state index contributed by atoms with van der Waals surface area (Å²) in [5.74, 6) is 0. The van der Waals surface area contributed by atoms with Gasteiger partial charge in [0.05, 0.1) is 0 Å². The van der Waals surface area contributed by atoms with E-state index < -0.39 is 0 Å². The Morgan fingerprint density at radius 1 is 1.00 bits per heavy atom. The number of nitrogens with zero attached hydrogens (tertiary/aromatic N) is 1. The highest BCUT2D eigenvalue weighted by molar-refractivity contribution is 7.80. The van der Waals surface area contributed by atoms with E-state index in [9.17, 15) is 0 Å². The fourth-order valence-electron chi connectivity index (χ4n) is 1.69. The lowest BCUT2D eigenvalue weighted by Gasteiger charge is -2.29. The van der Waals surface area contributed by atoms with E-state index in [2.05, 4.69) is 17.5 Å². The third-order valence-corrected chi connectivity index (χ3v) is 3.08. The molecule has 2 rings (SSSR count). The second-order valence-corrected chi connectivity index (χ2v) is 4.23. The molecule has 0 spiro atoms. The van der Waals surface area contributed by atoms with Crippen LogP contribution < -0.4 is 0 Å². The maximum Gasteiger partial charge on any atom is 0.00964 e. The Morgan fingerprint density at radius 3 is 2.10 bits per heavy atom. The van der Waals surface area contributed by atoms with Crippen LogP contribution in [0.5, 0.6) is 0 Å². The molecule has 1 saturated heterocycles. The molecule has 1 saturated carbocycles. The van der Waals surface area contributed by atoms with E-state index in [0.717, 1.165) is 6.04 Å². The molecule has 1 nitrogen and oxygen atoms in total. The summed E-state index contributed by atoms with van der Waals surface area (Å²) in [4.78, 5) is 2.63. The zero-order valence-electron chi connectivity index (χ0n) is 6.29. The van der Waals surface area contributed by atoms with Gasteiger partial charge in [-0.15, -0.1) is 0 Å². The topological polar surface area (TPSA) is 3.24 Å². The Labute approximate surface area is 68.2 Å². The van der Waals surface area contributed by atoms with Crippen molar-refractivity contribution >= 4 is 12.6 Å². The van der Waals surface area contributed by atoms with Gasteiger partial charge in [0, 0.05) is 11.3 Å². The van der Waals surface area contributed by atoms with Gasteiger partial charge in [-0.2, -0.15) is 12.6 Å². The Kier molecular flexibility index (Phi) is 1.92. The second kappa shape index (κ2) is 2.74. The van der Waals surface area contributed by atoms with Crippen LogP contribution in [0.25, 0.3) is 0 Å². The largest absolute Gasteiger partial charge is 0.300 e. The standard InChI is InChI=1S/C8H15NS/c10-8-3-5-9(6-4-8)7-1-2-7/h7-8,10H,1-6H2. The van der Waals surface area contributed by atoms with Gasteiger partial charge in [0.2, 0.25) is 0 Å². The normalized spacial score (nSPS) is 30.9. The van der Waals surface area contributed by atoms with Crippen LogP contribution in [0.2, 0.25) is 0 Å². The Morgan fingerprint density at radius 2 is 1.60 bits per heavy atom. The molecule has 0 radical (unpaired) electrons. The molecule has 0 N–H and O–H groups in total. The quantitative estimate of drug-likeness (QED) is 0.565. The number of hydrogen-bond acceptors (Lipinski definition) is 2. The van der Waals surface area contributed by atoms with Gasteiger partial charge in [0.15, 0.2) is 0 Å². The molecule has 2 fully saturated rings. The van der Waals surface area contributed by atoms with Crippen molar-refractivity contribution < 1.29 is 0 Å². The maximum atomic E-state index is 4.46. The van der Waals surface area contributed by atoms with Crippen molar-refractivity contribution in [1.29, 1.82) is 0 Å². The van der Waals surface area contributed by atoms with Crippen LogP contribution in [0.4, 0.5) is 0 Å². The van der Waals surface area contributed by atoms with Crippen LogP contribution in [0.1, 0.15) is 25.7 Å². The number of hydrogen-bond donors (Lipinski definition) is 1. The first-order valence-electron chi connectivity index (χ1n) is 4.28. The van der Waals surface area contributed by atoms with E-state index >= 15 is 0 Å². The Balaban J connectivity index is 1.79. The Hall–Kier alpha value is 0.310. The lowest BCUT2D eigenvalue weighted by molar-refractivity contribution is 0.224. The van der Waals surface area contributed by atoms with E-state index in [1.807, 2.05) is 0 Å². The average molecular weight is 157 g/mol. The van der Waals surface area contributed by atoms with Gasteiger partial charge in [0.25, 0.3) is 0 Å². The monoisotopic (exact) mass is 157 g/mol. The predicted octanol–water partition coefficient (Wildman–Crippen LogP) is 1.54. The fourth-order valence-corrected chi connectivity index (χ4v) is 1.92. The van der Waals surface area contributed by atoms with Crippen molar-refractivity contribution in [3.8, 4) is 0 Å². The Bertz CT molecular complexity index is 114. The van der Waals surface area contributed by atoms with Crippen molar-refractivity contribution in [2.24, 2.45) is 0 Å². The van der Waals surface area contributed by atoms with Gasteiger partial charge in [-0.3, -0.25) is 0 Å². The fraction of sp³-hybridized carbons (Fsp3) is 1.00. The van der Waals surface area contributed by atoms with Crippen LogP contribution in [-0.4, -0.2) is 29.3 Å². The lowest BCUT2D eigenvalue weighted by Crippen LogP contribution is -2.35. The first-order chi connectivity index (χ1) is 4.86. The minimum atomic E-state index is 0.690. The van der Waals surface area contributed by atoms with Gasteiger partial charge in [0.1, 0.15) is 0 Å². The molecular weight excluding hydrogens is 142 g/mol. The zero-order valence-corrected chi connectivity index (χ0v) is 7.19. The molecule has 0 bridgehead atoms. The van der Waals surface area contributed by atoms with Crippen molar-refractivity contribution in [2.75, 3.05) is 13.1 Å². The van der Waals surface area contributed by atoms with Crippen LogP contribution in [0.15, 0.2) is 0 Å². The van der Waals surface area contributed by atoms with Crippen molar-refractivity contribution in [3.63, 3.8) is 0 Å². The van der Waals surface area contributed by atoms with E-state index in [0.29, 0.717) is 5.25 Å². The molecule has 1 aliphatic carbocycles. The van der Waals surface area contributed by atoms with E-state index in [4.69, 9.17) is 0 Å². The minimum absolute atomic E-state index is 0.690. The highest BCUT2D eigenvalue weighted by Crippen LogP contribution is 2.30. The van der Waals surface area contributed by atoms with Crippen LogP contribution in [-0.2, 0) is 0 Å². The third-order valence-electron chi connectivity index (χ3n) is 2.56. The molecule has 0 aromatic rings. The van der Waals surface area contributed by atoms with Gasteiger partial charge in [-0.25, -0.2) is 0 Å². The average Bonchev–Trinajstić information content (AvgIpc) is 2.71. The number of likely N-dealkylation sites (tertiary alicyclic amines) is 1. The van der Waals surface area contributed by atoms with Crippen LogP contribution in [0.3, 0.4) is 0 Å². The molecule has 0 amide bonds. The first kappa shape index (κ1) is 6.99. The molecule has 0 aromatic carbocycles. The summed E-state index contributed by atoms with van der Waals surface area (Å²) in [5.41, 5.74) is 0. The van der Waals surface area contributed by atoms with Crippen molar-refractivity contribution in [3.05, 3.63) is 0 Å². The summed E-state index contributed by atoms with van der Waals surface area (Å²) in [6, 6.07) is 0.973. The summed E-state index contributed by atoms with van der Waals surface area (Å²) in [6.45, 7) is 2.61. The van der Waals surface area contributed by atoms with Crippen molar-refractivity contribution in [2.45, 2.75) is 37.0 Å². The molecule has 0 aromatic heterocycles. The molecular formula is C8H15NS. The minimum Gasteiger partial charge on any atom is -0.300 e. The molecule has 58 valence electrons. The summed E-state index contributed by atoms with van der Waals surface area (Å²) in [5, 5.41) is 0.690. The SMILES string of the molecule is SC1CCN(C2CC2)CC1. The molecule has 2 heteroatoms. The third kappa shape index (κ3) is 1.48. The van der Waals surface area contributed by atoms with Crippen LogP contribution >= 0.6 is 12.6 Å². The maximum absolute atomic E-state index is 4.46. The number of rotatable bonds is 1. The summed E-state index contributed by atoms with van der Waals surface area (Å²) in [7, 11) is 0. The van der Waals surface area contributed by atoms with Crippen molar-refractivity contribution in [1.82, 2.24) is 4.90 Å². The van der Waals surface area contributed by atoms with E-state index in [-0.39, 0.29) is 0 Å². The molecule has 10 heavy (non-hydrogen) atoms. The highest BCUT2D eigenvalue weighted by Gasteiger charge is 2.30. The van der Waals surface area contributed by atoms with Gasteiger partial charge in [-0.1, -0.05) is 0 Å². The van der Waals surface area contributed by atoms with Gasteiger partial charge < -0.3 is 4.90 Å². The summed E-state index contributed by atoms with van der Waals surface area (Å²) < 4.78 is 0. The predicted molar refractivity (Wildman–Crippen MR) is 46.6 cm³/mol. The molecule has 1 heterocycles. The lowest BCUT2D eigenvalue weighted by atomic mass is 10.1. The van der Waals surface area contributed by atoms with E-state index in [1.165, 1.54) is 38.8 Å². The summed E-state index contributed by atoms with van der Waals surface area (Å²) in [6.07, 6.45) is 5.52. The van der Waals surface area contributed by atoms with Crippen LogP contribution in [0, 0.1) is 0 Å². The first-order valence-corrected chi connectivity index (χ1v) is 4.80. The number of thiol groups is 1. The zero-order chi connectivity index (χ0) is 6.97. The van der Waals surface area contributed by atoms with Gasteiger partial charge in [-0.05, 0) is 38.8 Å². The number of piperidine rings is 1. The molecule has 0 unspecified atom stereocenters. The van der Waals surface area contributed by atoms with Gasteiger partial charge >= 0.3 is 0 Å². The second-order valence-electron chi connectivity index (χ2n) is 3.50. The molecule has 0 atom stereocenters. The van der Waals surface area contributed by atoms with E-state index in [1.54, 1.807) is 0 Å². The smallest absolute Gasteiger partial charge is 0.00964 e. The summed E-state index contributed by atoms with van der Waals surface area (Å²) >= 11 is 4.46.